The van der Waals surface area contributed by atoms with E-state index in [0.717, 1.165) is 11.1 Å². The maximum absolute atomic E-state index is 11.7. The van der Waals surface area contributed by atoms with Gasteiger partial charge in [-0.15, -0.1) is 0 Å². The lowest BCUT2D eigenvalue weighted by Gasteiger charge is -2.18. The fourth-order valence-corrected chi connectivity index (χ4v) is 3.64. The van der Waals surface area contributed by atoms with Gasteiger partial charge in [0.25, 0.3) is 0 Å². The molecule has 0 aliphatic heterocycles. The van der Waals surface area contributed by atoms with E-state index in [1.54, 1.807) is 30.3 Å². The number of amides is 1. The van der Waals surface area contributed by atoms with E-state index in [9.17, 15) is 14.7 Å². The van der Waals surface area contributed by atoms with Gasteiger partial charge in [0.2, 0.25) is 5.91 Å². The van der Waals surface area contributed by atoms with E-state index in [1.165, 1.54) is 14.0 Å². The molecular formula is C28H32N2O5. The molecule has 3 aromatic rings. The quantitative estimate of drug-likeness (QED) is 0.354. The van der Waals surface area contributed by atoms with Gasteiger partial charge in [0.15, 0.2) is 0 Å². The second-order valence-electron chi connectivity index (χ2n) is 8.40. The fraction of sp³-hybridized carbons (Fsp3) is 0.286. The van der Waals surface area contributed by atoms with Crippen molar-refractivity contribution in [3.05, 3.63) is 95.1 Å². The van der Waals surface area contributed by atoms with Gasteiger partial charge in [0.05, 0.1) is 24.5 Å². The Morgan fingerprint density at radius 2 is 1.63 bits per heavy atom. The van der Waals surface area contributed by atoms with E-state index in [4.69, 9.17) is 9.47 Å². The number of methoxy groups -OCH3 is 1. The van der Waals surface area contributed by atoms with Gasteiger partial charge in [-0.2, -0.15) is 0 Å². The van der Waals surface area contributed by atoms with Crippen LogP contribution in [0.3, 0.4) is 0 Å². The zero-order valence-electron chi connectivity index (χ0n) is 20.3. The van der Waals surface area contributed by atoms with Crippen LogP contribution in [0.25, 0.3) is 0 Å². The number of anilines is 1. The minimum atomic E-state index is -0.764. The largest absolute Gasteiger partial charge is 0.487 e. The van der Waals surface area contributed by atoms with E-state index in [-0.39, 0.29) is 17.8 Å². The van der Waals surface area contributed by atoms with Gasteiger partial charge in [-0.25, -0.2) is 4.79 Å². The molecule has 0 aliphatic carbocycles. The zero-order chi connectivity index (χ0) is 25.2. The first-order valence-electron chi connectivity index (χ1n) is 11.5. The number of hydrogen-bond acceptors (Lipinski definition) is 6. The molecular weight excluding hydrogens is 444 g/mol. The van der Waals surface area contributed by atoms with Crippen LogP contribution in [0.5, 0.6) is 5.75 Å². The Labute approximate surface area is 206 Å². The Kier molecular flexibility index (Phi) is 9.40. The summed E-state index contributed by atoms with van der Waals surface area (Å²) in [6.45, 7) is 4.86. The molecule has 2 unspecified atom stereocenters. The lowest BCUT2D eigenvalue weighted by molar-refractivity contribution is -0.114. The van der Waals surface area contributed by atoms with E-state index in [0.29, 0.717) is 42.3 Å². The summed E-state index contributed by atoms with van der Waals surface area (Å²) in [6, 6.07) is 22.4. The molecule has 2 atom stereocenters. The third-order valence-corrected chi connectivity index (χ3v) is 5.63. The average Bonchev–Trinajstić information content (AvgIpc) is 2.87. The molecule has 0 saturated carbocycles. The number of aliphatic hydroxyl groups excluding tert-OH is 1. The van der Waals surface area contributed by atoms with Crippen molar-refractivity contribution in [2.45, 2.75) is 32.5 Å². The summed E-state index contributed by atoms with van der Waals surface area (Å²) in [6.07, 6.45) is -0.764. The number of carbonyl (C=O) groups is 2. The number of carbonyl (C=O) groups excluding carboxylic acids is 2. The van der Waals surface area contributed by atoms with Crippen LogP contribution in [0.2, 0.25) is 0 Å². The highest BCUT2D eigenvalue weighted by atomic mass is 16.5. The number of ether oxygens (including phenoxy) is 2. The number of rotatable bonds is 11. The van der Waals surface area contributed by atoms with Crippen molar-refractivity contribution in [1.82, 2.24) is 5.32 Å². The van der Waals surface area contributed by atoms with Crippen molar-refractivity contribution in [2.75, 3.05) is 25.5 Å². The third kappa shape index (κ3) is 7.67. The Morgan fingerprint density at radius 1 is 0.943 bits per heavy atom. The van der Waals surface area contributed by atoms with E-state index in [1.807, 2.05) is 42.5 Å². The Hall–Kier alpha value is -3.68. The van der Waals surface area contributed by atoms with Crippen LogP contribution in [-0.4, -0.2) is 37.2 Å². The van der Waals surface area contributed by atoms with Crippen LogP contribution in [0.4, 0.5) is 5.69 Å². The van der Waals surface area contributed by atoms with Gasteiger partial charge in [0.1, 0.15) is 12.4 Å². The summed E-state index contributed by atoms with van der Waals surface area (Å²) in [4.78, 5) is 23.3. The van der Waals surface area contributed by atoms with Crippen LogP contribution in [0.15, 0.2) is 72.8 Å². The van der Waals surface area contributed by atoms with E-state index < -0.39 is 6.10 Å². The van der Waals surface area contributed by atoms with E-state index >= 15 is 0 Å². The first kappa shape index (κ1) is 25.9. The number of hydrogen-bond donors (Lipinski definition) is 3. The smallest absolute Gasteiger partial charge is 0.337 e. The van der Waals surface area contributed by atoms with Crippen LogP contribution in [0.1, 0.15) is 52.9 Å². The first-order valence-corrected chi connectivity index (χ1v) is 11.5. The normalized spacial score (nSPS) is 12.5. The summed E-state index contributed by atoms with van der Waals surface area (Å²) in [7, 11) is 1.36. The topological polar surface area (TPSA) is 96.9 Å². The van der Waals surface area contributed by atoms with Crippen molar-refractivity contribution in [3.63, 3.8) is 0 Å². The van der Waals surface area contributed by atoms with Crippen molar-refractivity contribution in [1.29, 1.82) is 0 Å². The molecule has 0 spiro atoms. The summed E-state index contributed by atoms with van der Waals surface area (Å²) in [5.74, 6) is 0.140. The molecule has 0 fully saturated rings. The first-order chi connectivity index (χ1) is 16.9. The zero-order valence-corrected chi connectivity index (χ0v) is 20.3. The Morgan fingerprint density at radius 3 is 2.29 bits per heavy atom. The molecule has 0 radical (unpaired) electrons. The van der Waals surface area contributed by atoms with Crippen LogP contribution >= 0.6 is 0 Å². The minimum absolute atomic E-state index is 0.178. The second-order valence-corrected chi connectivity index (χ2v) is 8.40. The lowest BCUT2D eigenvalue weighted by Crippen LogP contribution is -2.25. The lowest BCUT2D eigenvalue weighted by atomic mass is 9.99. The predicted octanol–water partition coefficient (Wildman–Crippen LogP) is 4.44. The number of aliphatic hydroxyl groups is 1. The highest BCUT2D eigenvalue weighted by Gasteiger charge is 2.14. The summed E-state index contributed by atoms with van der Waals surface area (Å²) in [5.41, 5.74) is 3.79. The van der Waals surface area contributed by atoms with Gasteiger partial charge in [-0.05, 0) is 46.9 Å². The maximum atomic E-state index is 11.7. The third-order valence-electron chi connectivity index (χ3n) is 5.63. The Bertz CT molecular complexity index is 1120. The number of nitrogens with one attached hydrogen (secondary N) is 2. The highest BCUT2D eigenvalue weighted by molar-refractivity contribution is 5.90. The molecule has 7 heteroatoms. The Balaban J connectivity index is 1.58. The molecule has 0 saturated heterocycles. The van der Waals surface area contributed by atoms with Crippen LogP contribution in [-0.2, 0) is 16.1 Å². The SMILES string of the molecule is COC(=O)c1ccc(C(C)CNCC(O)c2ccc(OCc3ccccc3)c(NC(C)=O)c2)cc1. The molecule has 1 amide bonds. The van der Waals surface area contributed by atoms with Gasteiger partial charge >= 0.3 is 5.97 Å². The van der Waals surface area contributed by atoms with Crippen molar-refractivity contribution < 1.29 is 24.2 Å². The molecule has 0 bridgehead atoms. The molecule has 0 aromatic heterocycles. The minimum Gasteiger partial charge on any atom is -0.487 e. The molecule has 0 aliphatic rings. The number of benzene rings is 3. The van der Waals surface area contributed by atoms with Gasteiger partial charge in [-0.3, -0.25) is 4.79 Å². The van der Waals surface area contributed by atoms with Crippen molar-refractivity contribution >= 4 is 17.6 Å². The molecule has 0 heterocycles. The maximum Gasteiger partial charge on any atom is 0.337 e. The van der Waals surface area contributed by atoms with Crippen LogP contribution < -0.4 is 15.4 Å². The predicted molar refractivity (Wildman–Crippen MR) is 136 cm³/mol. The molecule has 35 heavy (non-hydrogen) atoms. The van der Waals surface area contributed by atoms with E-state index in [2.05, 4.69) is 17.6 Å². The second kappa shape index (κ2) is 12.7. The number of esters is 1. The van der Waals surface area contributed by atoms with Gasteiger partial charge in [-0.1, -0.05) is 55.5 Å². The fourth-order valence-electron chi connectivity index (χ4n) is 3.64. The monoisotopic (exact) mass is 476 g/mol. The molecule has 7 nitrogen and oxygen atoms in total. The van der Waals surface area contributed by atoms with Crippen molar-refractivity contribution in [3.8, 4) is 5.75 Å². The van der Waals surface area contributed by atoms with Gasteiger partial charge < -0.3 is 25.2 Å². The summed E-state index contributed by atoms with van der Waals surface area (Å²) in [5, 5.41) is 16.8. The molecule has 3 aromatic carbocycles. The molecule has 184 valence electrons. The standard InChI is InChI=1S/C28H32N2O5/c1-19(22-9-11-23(12-10-22)28(33)34-3)16-29-17-26(32)24-13-14-27(25(15-24)30-20(2)31)35-18-21-7-5-4-6-8-21/h4-15,19,26,29,32H,16-18H2,1-3H3,(H,30,31). The highest BCUT2D eigenvalue weighted by Crippen LogP contribution is 2.29. The molecule has 3 N–H and O–H groups in total. The molecule has 3 rings (SSSR count). The van der Waals surface area contributed by atoms with Crippen molar-refractivity contribution in [2.24, 2.45) is 0 Å². The van der Waals surface area contributed by atoms with Crippen LogP contribution in [0, 0.1) is 0 Å². The van der Waals surface area contributed by atoms with Gasteiger partial charge in [0, 0.05) is 20.0 Å². The average molecular weight is 477 g/mol. The summed E-state index contributed by atoms with van der Waals surface area (Å²) >= 11 is 0. The summed E-state index contributed by atoms with van der Waals surface area (Å²) < 4.78 is 10.6.